The number of piperidine rings is 1. The summed E-state index contributed by atoms with van der Waals surface area (Å²) in [6.07, 6.45) is 3.04. The molecule has 6 nitrogen and oxygen atoms in total. The Kier molecular flexibility index (Phi) is 5.77. The predicted molar refractivity (Wildman–Crippen MR) is 116 cm³/mol. The van der Waals surface area contributed by atoms with Crippen LogP contribution < -0.4 is 4.90 Å². The van der Waals surface area contributed by atoms with E-state index in [1.807, 2.05) is 59.5 Å². The molecule has 3 amide bonds. The smallest absolute Gasteiger partial charge is 0.324 e. The van der Waals surface area contributed by atoms with Gasteiger partial charge < -0.3 is 14.9 Å². The van der Waals surface area contributed by atoms with Crippen LogP contribution in [0.15, 0.2) is 54.6 Å². The molecule has 6 heteroatoms. The number of carbonyl (C=O) groups excluding carboxylic acids is 2. The highest BCUT2D eigenvalue weighted by molar-refractivity contribution is 5.95. The number of amides is 3. The van der Waals surface area contributed by atoms with Gasteiger partial charge in [0.25, 0.3) is 5.91 Å². The Morgan fingerprint density at radius 2 is 1.57 bits per heavy atom. The number of para-hydroxylation sites is 1. The van der Waals surface area contributed by atoms with Crippen molar-refractivity contribution in [1.82, 2.24) is 9.80 Å². The van der Waals surface area contributed by atoms with Crippen LogP contribution in [-0.2, 0) is 6.54 Å². The highest BCUT2D eigenvalue weighted by atomic mass is 16.3. The molecule has 1 N–H and O–H groups in total. The van der Waals surface area contributed by atoms with E-state index in [2.05, 4.69) is 0 Å². The molecule has 30 heavy (non-hydrogen) atoms. The van der Waals surface area contributed by atoms with Gasteiger partial charge in [0.15, 0.2) is 0 Å². The number of aliphatic hydroxyl groups is 1. The Hall–Kier alpha value is -2.86. The molecule has 2 aliphatic heterocycles. The second kappa shape index (κ2) is 8.48. The molecule has 2 aromatic carbocycles. The van der Waals surface area contributed by atoms with Gasteiger partial charge in [-0.15, -0.1) is 0 Å². The van der Waals surface area contributed by atoms with Crippen molar-refractivity contribution in [1.29, 1.82) is 0 Å². The molecule has 158 valence electrons. The van der Waals surface area contributed by atoms with Gasteiger partial charge in [-0.3, -0.25) is 9.69 Å². The fourth-order valence-corrected chi connectivity index (χ4v) is 4.74. The van der Waals surface area contributed by atoms with Crippen LogP contribution in [0.2, 0.25) is 0 Å². The van der Waals surface area contributed by atoms with Gasteiger partial charge in [-0.05, 0) is 55.5 Å². The minimum atomic E-state index is -0.281. The summed E-state index contributed by atoms with van der Waals surface area (Å²) >= 11 is 0. The highest BCUT2D eigenvalue weighted by Crippen LogP contribution is 2.36. The zero-order valence-corrected chi connectivity index (χ0v) is 17.6. The molecule has 2 aliphatic rings. The Morgan fingerprint density at radius 3 is 2.17 bits per heavy atom. The van der Waals surface area contributed by atoms with Gasteiger partial charge in [0.1, 0.15) is 0 Å². The van der Waals surface area contributed by atoms with E-state index < -0.39 is 0 Å². The standard InChI is InChI=1S/C24H29N3O3/c1-25(24(30)26(2)19-6-4-3-5-7-19)16-17-8-10-18(11-9-17)23(29)27-20-12-13-21(27)15-22(28)14-20/h3-11,20-22,28H,12-16H2,1-2H3. The minimum absolute atomic E-state index is 0.0502. The van der Waals surface area contributed by atoms with E-state index in [9.17, 15) is 14.7 Å². The first-order valence-electron chi connectivity index (χ1n) is 10.6. The molecular weight excluding hydrogens is 378 g/mol. The molecule has 0 aromatic heterocycles. The van der Waals surface area contributed by atoms with Crippen molar-refractivity contribution in [2.45, 2.75) is 50.4 Å². The predicted octanol–water partition coefficient (Wildman–Crippen LogP) is 3.50. The summed E-state index contributed by atoms with van der Waals surface area (Å²) in [7, 11) is 3.54. The van der Waals surface area contributed by atoms with E-state index in [0.29, 0.717) is 24.9 Å². The molecule has 4 rings (SSSR count). The monoisotopic (exact) mass is 407 g/mol. The number of fused-ring (bicyclic) bond motifs is 2. The molecule has 0 spiro atoms. The van der Waals surface area contributed by atoms with E-state index >= 15 is 0 Å². The molecule has 2 bridgehead atoms. The van der Waals surface area contributed by atoms with Crippen LogP contribution in [0.3, 0.4) is 0 Å². The van der Waals surface area contributed by atoms with E-state index in [1.54, 1.807) is 23.9 Å². The zero-order valence-electron chi connectivity index (χ0n) is 17.6. The van der Waals surface area contributed by atoms with Crippen LogP contribution in [0.4, 0.5) is 10.5 Å². The molecule has 0 saturated carbocycles. The van der Waals surface area contributed by atoms with Crippen LogP contribution in [0.5, 0.6) is 0 Å². The molecule has 2 aromatic rings. The van der Waals surface area contributed by atoms with Gasteiger partial charge in [-0.2, -0.15) is 0 Å². The Bertz CT molecular complexity index is 886. The maximum Gasteiger partial charge on any atom is 0.324 e. The van der Waals surface area contributed by atoms with Gasteiger partial charge in [-0.1, -0.05) is 30.3 Å². The van der Waals surface area contributed by atoms with E-state index in [0.717, 1.165) is 24.1 Å². The summed E-state index contributed by atoms with van der Waals surface area (Å²) in [5.74, 6) is 0.0502. The summed E-state index contributed by atoms with van der Waals surface area (Å²) in [4.78, 5) is 31.0. The lowest BCUT2D eigenvalue weighted by molar-refractivity contribution is 0.0287. The van der Waals surface area contributed by atoms with Gasteiger partial charge in [0, 0.05) is 44.0 Å². The summed E-state index contributed by atoms with van der Waals surface area (Å²) in [6.45, 7) is 0.464. The second-order valence-electron chi connectivity index (χ2n) is 8.45. The van der Waals surface area contributed by atoms with Crippen molar-refractivity contribution < 1.29 is 14.7 Å². The largest absolute Gasteiger partial charge is 0.393 e. The van der Waals surface area contributed by atoms with Crippen molar-refractivity contribution in [3.63, 3.8) is 0 Å². The number of rotatable bonds is 4. The van der Waals surface area contributed by atoms with Gasteiger partial charge >= 0.3 is 6.03 Å². The SMILES string of the molecule is CN(Cc1ccc(C(=O)N2C3CCC2CC(O)C3)cc1)C(=O)N(C)c1ccccc1. The maximum atomic E-state index is 13.0. The fourth-order valence-electron chi connectivity index (χ4n) is 4.74. The van der Waals surface area contributed by atoms with Gasteiger partial charge in [0.2, 0.25) is 0 Å². The molecule has 0 radical (unpaired) electrons. The van der Waals surface area contributed by atoms with Gasteiger partial charge in [-0.25, -0.2) is 4.79 Å². The van der Waals surface area contributed by atoms with Crippen molar-refractivity contribution in [2.24, 2.45) is 0 Å². The molecule has 0 aliphatic carbocycles. The van der Waals surface area contributed by atoms with Crippen molar-refractivity contribution in [3.8, 4) is 0 Å². The lowest BCUT2D eigenvalue weighted by Gasteiger charge is -2.37. The zero-order chi connectivity index (χ0) is 21.3. The highest BCUT2D eigenvalue weighted by Gasteiger charge is 2.42. The van der Waals surface area contributed by atoms with Crippen LogP contribution in [0, 0.1) is 0 Å². The number of hydrogen-bond donors (Lipinski definition) is 1. The number of carbonyl (C=O) groups is 2. The number of urea groups is 1. The number of nitrogens with zero attached hydrogens (tertiary/aromatic N) is 3. The number of aliphatic hydroxyl groups excluding tert-OH is 1. The van der Waals surface area contributed by atoms with Crippen molar-refractivity contribution in [2.75, 3.05) is 19.0 Å². The minimum Gasteiger partial charge on any atom is -0.393 e. The lowest BCUT2D eigenvalue weighted by Crippen LogP contribution is -2.48. The van der Waals surface area contributed by atoms with Crippen LogP contribution in [0.1, 0.15) is 41.6 Å². The Morgan fingerprint density at radius 1 is 0.967 bits per heavy atom. The first-order chi connectivity index (χ1) is 14.4. The Labute approximate surface area is 177 Å². The van der Waals surface area contributed by atoms with Crippen LogP contribution in [0.25, 0.3) is 0 Å². The molecular formula is C24H29N3O3. The van der Waals surface area contributed by atoms with E-state index in [1.165, 1.54) is 0 Å². The van der Waals surface area contributed by atoms with Crippen LogP contribution in [-0.4, -0.2) is 59.1 Å². The first kappa shape index (κ1) is 20.4. The fraction of sp³-hybridized carbons (Fsp3) is 0.417. The van der Waals surface area contributed by atoms with E-state index in [4.69, 9.17) is 0 Å². The molecule has 2 saturated heterocycles. The topological polar surface area (TPSA) is 64.1 Å². The van der Waals surface area contributed by atoms with Crippen molar-refractivity contribution >= 4 is 17.6 Å². The number of hydrogen-bond acceptors (Lipinski definition) is 3. The summed E-state index contributed by atoms with van der Waals surface area (Å²) in [5, 5.41) is 9.96. The third-order valence-corrected chi connectivity index (χ3v) is 6.32. The van der Waals surface area contributed by atoms with Crippen molar-refractivity contribution in [3.05, 3.63) is 65.7 Å². The third kappa shape index (κ3) is 4.05. The second-order valence-corrected chi connectivity index (χ2v) is 8.45. The quantitative estimate of drug-likeness (QED) is 0.844. The molecule has 2 fully saturated rings. The summed E-state index contributed by atoms with van der Waals surface area (Å²) in [6, 6.07) is 17.3. The number of anilines is 1. The van der Waals surface area contributed by atoms with Gasteiger partial charge in [0.05, 0.1) is 6.10 Å². The first-order valence-corrected chi connectivity index (χ1v) is 10.6. The summed E-state index contributed by atoms with van der Waals surface area (Å²) in [5.41, 5.74) is 2.49. The Balaban J connectivity index is 1.39. The maximum absolute atomic E-state index is 13.0. The van der Waals surface area contributed by atoms with Crippen LogP contribution >= 0.6 is 0 Å². The average Bonchev–Trinajstić information content (AvgIpc) is 3.04. The number of benzene rings is 2. The lowest BCUT2D eigenvalue weighted by atomic mass is 9.98. The molecule has 2 heterocycles. The normalized spacial score (nSPS) is 22.6. The third-order valence-electron chi connectivity index (χ3n) is 6.32. The average molecular weight is 408 g/mol. The molecule has 2 unspecified atom stereocenters. The summed E-state index contributed by atoms with van der Waals surface area (Å²) < 4.78 is 0. The molecule has 2 atom stereocenters. The van der Waals surface area contributed by atoms with E-state index in [-0.39, 0.29) is 30.1 Å².